The summed E-state index contributed by atoms with van der Waals surface area (Å²) in [6.07, 6.45) is 10.3. The maximum atomic E-state index is 13.7. The molecule has 0 aromatic heterocycles. The molecule has 37 heavy (non-hydrogen) atoms. The molecule has 0 unspecified atom stereocenters. The number of nitrogens with two attached hydrogens (primary N) is 1. The molecule has 2 amide bonds. The van der Waals surface area contributed by atoms with Gasteiger partial charge in [-0.2, -0.15) is 0 Å². The molecule has 1 saturated heterocycles. The monoisotopic (exact) mass is 554 g/mol. The molecule has 2 aliphatic heterocycles. The molecular weight excluding hydrogens is 512 g/mol. The lowest BCUT2D eigenvalue weighted by Crippen LogP contribution is -2.58. The van der Waals surface area contributed by atoms with Crippen LogP contribution in [0.1, 0.15) is 77.2 Å². The van der Waals surface area contributed by atoms with Crippen LogP contribution < -0.4 is 15.4 Å². The lowest BCUT2D eigenvalue weighted by atomic mass is 9.74. The normalized spacial score (nSPS) is 20.8. The minimum Gasteiger partial charge on any atom is -0.343 e. The Morgan fingerprint density at radius 2 is 1.76 bits per heavy atom. The lowest BCUT2D eigenvalue weighted by molar-refractivity contribution is -0.139. The van der Waals surface area contributed by atoms with Gasteiger partial charge in [0.05, 0.1) is 17.5 Å². The number of benzene rings is 1. The first-order valence-electron chi connectivity index (χ1n) is 13.4. The molecule has 3 N–H and O–H groups in total. The van der Waals surface area contributed by atoms with Gasteiger partial charge in [-0.3, -0.25) is 13.9 Å². The third-order valence-corrected chi connectivity index (χ3v) is 9.53. The molecule has 0 bridgehead atoms. The van der Waals surface area contributed by atoms with Crippen molar-refractivity contribution in [2.45, 2.75) is 88.6 Å². The van der Waals surface area contributed by atoms with Gasteiger partial charge in [0.1, 0.15) is 6.04 Å². The molecular formula is C27H43ClN4O4S. The van der Waals surface area contributed by atoms with Crippen LogP contribution in [-0.2, 0) is 25.0 Å². The number of sulfonamides is 1. The fourth-order valence-electron chi connectivity index (χ4n) is 6.16. The first kappa shape index (κ1) is 29.7. The van der Waals surface area contributed by atoms with E-state index in [0.29, 0.717) is 44.8 Å². The summed E-state index contributed by atoms with van der Waals surface area (Å²) in [5.74, 6) is 0.245. The van der Waals surface area contributed by atoms with E-state index in [9.17, 15) is 18.0 Å². The zero-order chi connectivity index (χ0) is 26.1. The molecule has 8 nitrogen and oxygen atoms in total. The molecule has 1 aliphatic carbocycles. The second kappa shape index (κ2) is 11.5. The van der Waals surface area contributed by atoms with Crippen molar-refractivity contribution in [2.24, 2.45) is 11.7 Å². The number of halogens is 1. The minimum atomic E-state index is -3.39. The van der Waals surface area contributed by atoms with E-state index in [1.165, 1.54) is 42.7 Å². The molecule has 2 heterocycles. The average Bonchev–Trinajstić information content (AvgIpc) is 3.16. The van der Waals surface area contributed by atoms with Gasteiger partial charge >= 0.3 is 0 Å². The first-order chi connectivity index (χ1) is 16.9. The van der Waals surface area contributed by atoms with Crippen molar-refractivity contribution in [2.75, 3.05) is 30.2 Å². The molecule has 1 spiro atoms. The van der Waals surface area contributed by atoms with Crippen LogP contribution in [0.4, 0.5) is 5.69 Å². The Morgan fingerprint density at radius 3 is 2.35 bits per heavy atom. The summed E-state index contributed by atoms with van der Waals surface area (Å²) >= 11 is 0. The van der Waals surface area contributed by atoms with Crippen LogP contribution in [0.25, 0.3) is 0 Å². The van der Waals surface area contributed by atoms with Crippen LogP contribution in [0, 0.1) is 5.92 Å². The highest BCUT2D eigenvalue weighted by molar-refractivity contribution is 7.92. The predicted molar refractivity (Wildman–Crippen MR) is 149 cm³/mol. The molecule has 1 aromatic carbocycles. The van der Waals surface area contributed by atoms with Gasteiger partial charge in [0.2, 0.25) is 21.8 Å². The first-order valence-corrected chi connectivity index (χ1v) is 15.2. The Kier molecular flexibility index (Phi) is 9.23. The maximum absolute atomic E-state index is 13.7. The number of piperidine rings is 1. The van der Waals surface area contributed by atoms with Crippen LogP contribution in [0.3, 0.4) is 0 Å². The van der Waals surface area contributed by atoms with E-state index in [1.807, 2.05) is 29.2 Å². The molecule has 10 heteroatoms. The van der Waals surface area contributed by atoms with Gasteiger partial charge in [-0.05, 0) is 57.1 Å². The van der Waals surface area contributed by atoms with Crippen molar-refractivity contribution in [1.29, 1.82) is 0 Å². The van der Waals surface area contributed by atoms with E-state index in [1.54, 1.807) is 13.8 Å². The Bertz CT molecular complexity index is 1070. The average molecular weight is 555 g/mol. The van der Waals surface area contributed by atoms with Gasteiger partial charge in [0.25, 0.3) is 0 Å². The number of para-hydroxylation sites is 1. The number of rotatable bonds is 7. The smallest absolute Gasteiger partial charge is 0.245 e. The Hall–Kier alpha value is -1.84. The molecule has 4 rings (SSSR count). The van der Waals surface area contributed by atoms with Crippen LogP contribution >= 0.6 is 12.4 Å². The molecule has 0 radical (unpaired) electrons. The highest BCUT2D eigenvalue weighted by Gasteiger charge is 2.48. The molecule has 1 aromatic rings. The van der Waals surface area contributed by atoms with Gasteiger partial charge in [0.15, 0.2) is 0 Å². The third-order valence-electron chi connectivity index (χ3n) is 8.40. The topological polar surface area (TPSA) is 113 Å². The van der Waals surface area contributed by atoms with Crippen molar-refractivity contribution in [3.63, 3.8) is 0 Å². The van der Waals surface area contributed by atoms with E-state index in [2.05, 4.69) is 5.32 Å². The van der Waals surface area contributed by atoms with Gasteiger partial charge in [0, 0.05) is 25.0 Å². The Balaban J connectivity index is 0.00000380. The summed E-state index contributed by atoms with van der Waals surface area (Å²) < 4.78 is 26.5. The number of anilines is 1. The quantitative estimate of drug-likeness (QED) is 0.537. The van der Waals surface area contributed by atoms with Crippen molar-refractivity contribution < 1.29 is 18.0 Å². The van der Waals surface area contributed by atoms with Crippen LogP contribution in [0.15, 0.2) is 24.3 Å². The summed E-state index contributed by atoms with van der Waals surface area (Å²) in [6.45, 7) is 4.79. The van der Waals surface area contributed by atoms with E-state index in [4.69, 9.17) is 5.73 Å². The highest BCUT2D eigenvalue weighted by atomic mass is 35.5. The van der Waals surface area contributed by atoms with Gasteiger partial charge in [-0.15, -0.1) is 12.4 Å². The molecule has 208 valence electrons. The molecule has 1 atom stereocenters. The van der Waals surface area contributed by atoms with E-state index < -0.39 is 21.6 Å². The minimum absolute atomic E-state index is 0. The SMILES string of the molecule is CC(C)(N)C(=O)N[C@H](CCC1CCCCC1)C(=O)N1CCC2(CC1)CN(S(C)(=O)=O)c1ccccc12.Cl. The van der Waals surface area contributed by atoms with Crippen LogP contribution in [0.5, 0.6) is 0 Å². The summed E-state index contributed by atoms with van der Waals surface area (Å²) in [5.41, 5.74) is 6.48. The van der Waals surface area contributed by atoms with E-state index in [-0.39, 0.29) is 29.6 Å². The van der Waals surface area contributed by atoms with Crippen molar-refractivity contribution >= 4 is 39.9 Å². The van der Waals surface area contributed by atoms with E-state index >= 15 is 0 Å². The Labute approximate surface area is 228 Å². The number of likely N-dealkylation sites (tertiary alicyclic amines) is 1. The van der Waals surface area contributed by atoms with Crippen LogP contribution in [-0.4, -0.2) is 62.6 Å². The largest absolute Gasteiger partial charge is 0.343 e. The molecule has 2 fully saturated rings. The van der Waals surface area contributed by atoms with Crippen molar-refractivity contribution in [1.82, 2.24) is 10.2 Å². The number of nitrogens with zero attached hydrogens (tertiary/aromatic N) is 2. The highest BCUT2D eigenvalue weighted by Crippen LogP contribution is 2.47. The predicted octanol–water partition coefficient (Wildman–Crippen LogP) is 3.33. The van der Waals surface area contributed by atoms with E-state index in [0.717, 1.165) is 17.7 Å². The van der Waals surface area contributed by atoms with Gasteiger partial charge in [-0.1, -0.05) is 50.3 Å². The molecule has 1 saturated carbocycles. The number of carbonyl (C=O) groups excluding carboxylic acids is 2. The number of hydrogen-bond donors (Lipinski definition) is 2. The standard InChI is InChI=1S/C27H42N4O4S.ClH/c1-26(2,28)25(33)29-22(14-13-20-9-5-4-6-10-20)24(32)30-17-15-27(16-18-30)19-31(36(3,34)35)23-12-8-7-11-21(23)27;/h7-8,11-12,20,22H,4-6,9-10,13-19,28H2,1-3H3,(H,29,33);1H/t22-;/m1./s1. The number of nitrogens with one attached hydrogen (secondary N) is 1. The fraction of sp³-hybridized carbons (Fsp3) is 0.704. The number of amides is 2. The van der Waals surface area contributed by atoms with Crippen molar-refractivity contribution in [3.05, 3.63) is 29.8 Å². The summed E-state index contributed by atoms with van der Waals surface area (Å²) in [7, 11) is -3.39. The lowest BCUT2D eigenvalue weighted by Gasteiger charge is -2.41. The summed E-state index contributed by atoms with van der Waals surface area (Å²) in [5, 5.41) is 2.95. The zero-order valence-corrected chi connectivity index (χ0v) is 24.0. The van der Waals surface area contributed by atoms with Gasteiger partial charge < -0.3 is 16.0 Å². The second-order valence-electron chi connectivity index (χ2n) is 11.7. The number of hydrogen-bond acceptors (Lipinski definition) is 5. The Morgan fingerprint density at radius 1 is 1.14 bits per heavy atom. The van der Waals surface area contributed by atoms with Gasteiger partial charge in [-0.25, -0.2) is 8.42 Å². The number of carbonyl (C=O) groups is 2. The second-order valence-corrected chi connectivity index (χ2v) is 13.6. The van der Waals surface area contributed by atoms with Crippen LogP contribution in [0.2, 0.25) is 0 Å². The third kappa shape index (κ3) is 6.60. The maximum Gasteiger partial charge on any atom is 0.245 e. The summed E-state index contributed by atoms with van der Waals surface area (Å²) in [6, 6.07) is 7.13. The fourth-order valence-corrected chi connectivity index (χ4v) is 7.16. The van der Waals surface area contributed by atoms with Crippen molar-refractivity contribution in [3.8, 4) is 0 Å². The summed E-state index contributed by atoms with van der Waals surface area (Å²) in [4.78, 5) is 28.2. The zero-order valence-electron chi connectivity index (χ0n) is 22.4. The molecule has 3 aliphatic rings. The number of fused-ring (bicyclic) bond motifs is 2.